The van der Waals surface area contributed by atoms with Crippen LogP contribution in [0.3, 0.4) is 0 Å². The number of hydrogen-bond acceptors (Lipinski definition) is 3. The molecule has 2 rings (SSSR count). The number of carbonyl (C=O) groups is 1. The quantitative estimate of drug-likeness (QED) is 0.748. The molecule has 1 heterocycles. The number of hydrogen-bond donors (Lipinski definition) is 0. The Morgan fingerprint density at radius 2 is 2.21 bits per heavy atom. The van der Waals surface area contributed by atoms with E-state index in [1.54, 1.807) is 18.3 Å². The first-order valence-corrected chi connectivity index (χ1v) is 6.55. The van der Waals surface area contributed by atoms with Crippen molar-refractivity contribution in [2.45, 2.75) is 26.8 Å². The van der Waals surface area contributed by atoms with E-state index in [0.29, 0.717) is 23.7 Å². The molecule has 2 aromatic rings. The molecule has 0 spiro atoms. The van der Waals surface area contributed by atoms with E-state index in [1.807, 2.05) is 29.8 Å². The van der Waals surface area contributed by atoms with Crippen molar-refractivity contribution in [1.29, 1.82) is 0 Å². The van der Waals surface area contributed by atoms with Gasteiger partial charge in [0.2, 0.25) is 5.78 Å². The zero-order chi connectivity index (χ0) is 13.7. The number of nitrogens with zero attached hydrogens (tertiary/aromatic N) is 2. The molecule has 4 heteroatoms. The van der Waals surface area contributed by atoms with Gasteiger partial charge in [-0.05, 0) is 25.5 Å². The summed E-state index contributed by atoms with van der Waals surface area (Å²) in [5, 5.41) is 0. The van der Waals surface area contributed by atoms with Crippen molar-refractivity contribution in [2.75, 3.05) is 6.61 Å². The number of benzene rings is 1. The first-order valence-electron chi connectivity index (χ1n) is 6.55. The lowest BCUT2D eigenvalue weighted by molar-refractivity contribution is 0.102. The highest BCUT2D eigenvalue weighted by Gasteiger charge is 2.15. The van der Waals surface area contributed by atoms with Crippen LogP contribution in [0.4, 0.5) is 0 Å². The van der Waals surface area contributed by atoms with Gasteiger partial charge in [-0.25, -0.2) is 4.98 Å². The molecular formula is C15H18N2O2. The van der Waals surface area contributed by atoms with Gasteiger partial charge < -0.3 is 9.30 Å². The highest BCUT2D eigenvalue weighted by molar-refractivity contribution is 6.06. The van der Waals surface area contributed by atoms with Gasteiger partial charge in [-0.1, -0.05) is 19.1 Å². The van der Waals surface area contributed by atoms with Gasteiger partial charge in [-0.15, -0.1) is 0 Å². The van der Waals surface area contributed by atoms with Crippen molar-refractivity contribution < 1.29 is 9.53 Å². The Balaban J connectivity index is 2.28. The van der Waals surface area contributed by atoms with E-state index in [2.05, 4.69) is 11.9 Å². The molecule has 0 bridgehead atoms. The molecule has 0 aliphatic carbocycles. The summed E-state index contributed by atoms with van der Waals surface area (Å²) < 4.78 is 7.30. The fourth-order valence-corrected chi connectivity index (χ4v) is 1.96. The van der Waals surface area contributed by atoms with Gasteiger partial charge in [-0.3, -0.25) is 4.79 Å². The van der Waals surface area contributed by atoms with Crippen molar-refractivity contribution in [2.24, 2.45) is 0 Å². The monoisotopic (exact) mass is 258 g/mol. The minimum absolute atomic E-state index is 0.0694. The van der Waals surface area contributed by atoms with Crippen LogP contribution in [0, 0.1) is 0 Å². The Hall–Kier alpha value is -2.10. The van der Waals surface area contributed by atoms with Crippen LogP contribution in [0.15, 0.2) is 36.7 Å². The molecule has 0 N–H and O–H groups in total. The lowest BCUT2D eigenvalue weighted by atomic mass is 10.1. The Bertz CT molecular complexity index is 561. The van der Waals surface area contributed by atoms with Crippen LogP contribution in [0.2, 0.25) is 0 Å². The van der Waals surface area contributed by atoms with Crippen LogP contribution in [-0.2, 0) is 6.54 Å². The summed E-state index contributed by atoms with van der Waals surface area (Å²) in [6.45, 7) is 5.38. The Morgan fingerprint density at radius 1 is 1.37 bits per heavy atom. The molecule has 100 valence electrons. The van der Waals surface area contributed by atoms with E-state index in [1.165, 1.54) is 0 Å². The summed E-state index contributed by atoms with van der Waals surface area (Å²) in [6, 6.07) is 7.22. The van der Waals surface area contributed by atoms with E-state index in [0.717, 1.165) is 13.0 Å². The van der Waals surface area contributed by atoms with Crippen LogP contribution in [0.5, 0.6) is 5.75 Å². The average Bonchev–Trinajstić information content (AvgIpc) is 2.87. The highest BCUT2D eigenvalue weighted by atomic mass is 16.5. The number of carbonyl (C=O) groups excluding carboxylic acids is 1. The van der Waals surface area contributed by atoms with Crippen LogP contribution in [-0.4, -0.2) is 21.9 Å². The molecule has 0 unspecified atom stereocenters. The van der Waals surface area contributed by atoms with Crippen molar-refractivity contribution in [3.8, 4) is 5.75 Å². The first-order chi connectivity index (χ1) is 9.26. The number of aromatic nitrogens is 2. The molecule has 4 nitrogen and oxygen atoms in total. The van der Waals surface area contributed by atoms with Crippen LogP contribution in [0.25, 0.3) is 0 Å². The first kappa shape index (κ1) is 13.3. The third-order valence-electron chi connectivity index (χ3n) is 2.79. The summed E-state index contributed by atoms with van der Waals surface area (Å²) in [6.07, 6.45) is 4.47. The zero-order valence-corrected chi connectivity index (χ0v) is 11.3. The molecular weight excluding hydrogens is 240 g/mol. The number of ether oxygens (including phenoxy) is 1. The van der Waals surface area contributed by atoms with E-state index in [4.69, 9.17) is 4.74 Å². The Labute approximate surface area is 113 Å². The van der Waals surface area contributed by atoms with Gasteiger partial charge in [-0.2, -0.15) is 0 Å². The average molecular weight is 258 g/mol. The molecule has 0 radical (unpaired) electrons. The molecule has 1 aromatic heterocycles. The summed E-state index contributed by atoms with van der Waals surface area (Å²) in [5.74, 6) is 1.12. The minimum atomic E-state index is -0.0694. The molecule has 0 saturated heterocycles. The lowest BCUT2D eigenvalue weighted by Gasteiger charge is -2.07. The zero-order valence-electron chi connectivity index (χ0n) is 11.3. The van der Waals surface area contributed by atoms with Crippen molar-refractivity contribution in [1.82, 2.24) is 9.55 Å². The maximum atomic E-state index is 12.4. The van der Waals surface area contributed by atoms with E-state index in [-0.39, 0.29) is 5.78 Å². The molecule has 0 fully saturated rings. The molecule has 0 aliphatic rings. The van der Waals surface area contributed by atoms with E-state index >= 15 is 0 Å². The SMILES string of the molecule is CCCn1ccnc1C(=O)c1cccc(OCC)c1. The Morgan fingerprint density at radius 3 is 2.95 bits per heavy atom. The Kier molecular flexibility index (Phi) is 4.34. The summed E-state index contributed by atoms with van der Waals surface area (Å²) >= 11 is 0. The second kappa shape index (κ2) is 6.18. The summed E-state index contributed by atoms with van der Waals surface area (Å²) in [7, 11) is 0. The second-order valence-electron chi connectivity index (χ2n) is 4.23. The lowest BCUT2D eigenvalue weighted by Crippen LogP contribution is -2.11. The van der Waals surface area contributed by atoms with Crippen LogP contribution < -0.4 is 4.74 Å². The predicted octanol–water partition coefficient (Wildman–Crippen LogP) is 2.92. The van der Waals surface area contributed by atoms with Crippen molar-refractivity contribution in [3.63, 3.8) is 0 Å². The summed E-state index contributed by atoms with van der Waals surface area (Å²) in [4.78, 5) is 16.6. The number of rotatable bonds is 6. The normalized spacial score (nSPS) is 10.4. The van der Waals surface area contributed by atoms with Gasteiger partial charge in [0.05, 0.1) is 6.61 Å². The molecule has 0 saturated carbocycles. The van der Waals surface area contributed by atoms with Gasteiger partial charge in [0.25, 0.3) is 0 Å². The smallest absolute Gasteiger partial charge is 0.228 e. The fourth-order valence-electron chi connectivity index (χ4n) is 1.96. The van der Waals surface area contributed by atoms with Gasteiger partial charge in [0, 0.05) is 24.5 Å². The standard InChI is InChI=1S/C15H18N2O2/c1-3-9-17-10-8-16-15(17)14(18)12-6-5-7-13(11-12)19-4-2/h5-8,10-11H,3-4,9H2,1-2H3. The molecule has 1 aromatic carbocycles. The molecule has 0 amide bonds. The van der Waals surface area contributed by atoms with Crippen LogP contribution in [0.1, 0.15) is 36.5 Å². The van der Waals surface area contributed by atoms with Gasteiger partial charge >= 0.3 is 0 Å². The molecule has 0 atom stereocenters. The van der Waals surface area contributed by atoms with Crippen molar-refractivity contribution in [3.05, 3.63) is 48.0 Å². The number of aryl methyl sites for hydroxylation is 1. The van der Waals surface area contributed by atoms with E-state index < -0.39 is 0 Å². The topological polar surface area (TPSA) is 44.1 Å². The highest BCUT2D eigenvalue weighted by Crippen LogP contribution is 2.16. The molecule has 19 heavy (non-hydrogen) atoms. The third-order valence-corrected chi connectivity index (χ3v) is 2.79. The fraction of sp³-hybridized carbons (Fsp3) is 0.333. The number of imidazole rings is 1. The van der Waals surface area contributed by atoms with Gasteiger partial charge in [0.15, 0.2) is 5.82 Å². The largest absolute Gasteiger partial charge is 0.494 e. The van der Waals surface area contributed by atoms with Crippen LogP contribution >= 0.6 is 0 Å². The summed E-state index contributed by atoms with van der Waals surface area (Å²) in [5.41, 5.74) is 0.606. The maximum absolute atomic E-state index is 12.4. The van der Waals surface area contributed by atoms with Gasteiger partial charge in [0.1, 0.15) is 5.75 Å². The minimum Gasteiger partial charge on any atom is -0.494 e. The third kappa shape index (κ3) is 3.02. The predicted molar refractivity (Wildman–Crippen MR) is 73.6 cm³/mol. The molecule has 0 aliphatic heterocycles. The maximum Gasteiger partial charge on any atom is 0.228 e. The number of ketones is 1. The second-order valence-corrected chi connectivity index (χ2v) is 4.23. The van der Waals surface area contributed by atoms with Crippen molar-refractivity contribution >= 4 is 5.78 Å². The van der Waals surface area contributed by atoms with E-state index in [9.17, 15) is 4.79 Å².